The summed E-state index contributed by atoms with van der Waals surface area (Å²) in [6.07, 6.45) is 4.11. The number of aromatic nitrogens is 1. The summed E-state index contributed by atoms with van der Waals surface area (Å²) in [5, 5.41) is 0. The number of hydrogen-bond acceptors (Lipinski definition) is 3. The van der Waals surface area contributed by atoms with Crippen molar-refractivity contribution < 1.29 is 4.74 Å². The fourth-order valence-corrected chi connectivity index (χ4v) is 2.06. The standard InChI is InChI=1S/C15H24BrN3O/c1-6-8-11(3)20-15-13(16)9-14(12(4)18-15)17-10-19(5)7-2/h9-11H,6-8H2,1-5H3/b17-10+. The van der Waals surface area contributed by atoms with E-state index in [0.717, 1.165) is 35.2 Å². The van der Waals surface area contributed by atoms with Crippen LogP contribution < -0.4 is 4.74 Å². The number of pyridine rings is 1. The molecule has 0 bridgehead atoms. The van der Waals surface area contributed by atoms with Gasteiger partial charge in [-0.15, -0.1) is 0 Å². The molecular formula is C15H24BrN3O. The lowest BCUT2D eigenvalue weighted by atomic mass is 10.2. The molecule has 1 unspecified atom stereocenters. The molecule has 0 fully saturated rings. The zero-order valence-corrected chi connectivity index (χ0v) is 14.6. The molecule has 0 aliphatic heterocycles. The fourth-order valence-electron chi connectivity index (χ4n) is 1.66. The number of aliphatic imine (C=N–C) groups is 1. The minimum Gasteiger partial charge on any atom is -0.474 e. The van der Waals surface area contributed by atoms with Crippen molar-refractivity contribution in [3.8, 4) is 5.88 Å². The van der Waals surface area contributed by atoms with Crippen LogP contribution in [0.15, 0.2) is 15.5 Å². The molecule has 0 amide bonds. The molecule has 1 aromatic rings. The van der Waals surface area contributed by atoms with Crippen LogP contribution in [-0.4, -0.2) is 35.9 Å². The minimum absolute atomic E-state index is 0.170. The van der Waals surface area contributed by atoms with Gasteiger partial charge in [-0.3, -0.25) is 0 Å². The first-order valence-corrected chi connectivity index (χ1v) is 7.85. The van der Waals surface area contributed by atoms with E-state index in [1.165, 1.54) is 0 Å². The zero-order valence-electron chi connectivity index (χ0n) is 13.0. The number of hydrogen-bond donors (Lipinski definition) is 0. The fraction of sp³-hybridized carbons (Fsp3) is 0.600. The molecule has 0 saturated heterocycles. The Bertz CT molecular complexity index is 463. The van der Waals surface area contributed by atoms with Crippen molar-refractivity contribution in [1.82, 2.24) is 9.88 Å². The van der Waals surface area contributed by atoms with Crippen LogP contribution in [0.3, 0.4) is 0 Å². The Hall–Kier alpha value is -1.10. The van der Waals surface area contributed by atoms with Crippen LogP contribution in [0.2, 0.25) is 0 Å². The van der Waals surface area contributed by atoms with Crippen molar-refractivity contribution >= 4 is 28.0 Å². The van der Waals surface area contributed by atoms with Crippen molar-refractivity contribution in [3.63, 3.8) is 0 Å². The van der Waals surface area contributed by atoms with Crippen molar-refractivity contribution in [1.29, 1.82) is 0 Å². The van der Waals surface area contributed by atoms with E-state index in [1.54, 1.807) is 0 Å². The lowest BCUT2D eigenvalue weighted by Crippen LogP contribution is -2.14. The molecule has 1 aromatic heterocycles. The summed E-state index contributed by atoms with van der Waals surface area (Å²) in [5.41, 5.74) is 1.72. The number of halogens is 1. The van der Waals surface area contributed by atoms with E-state index < -0.39 is 0 Å². The van der Waals surface area contributed by atoms with Crippen LogP contribution in [0.5, 0.6) is 5.88 Å². The molecular weight excluding hydrogens is 318 g/mol. The van der Waals surface area contributed by atoms with Crippen molar-refractivity contribution in [2.24, 2.45) is 4.99 Å². The van der Waals surface area contributed by atoms with Crippen molar-refractivity contribution in [3.05, 3.63) is 16.2 Å². The maximum absolute atomic E-state index is 5.85. The second-order valence-corrected chi connectivity index (χ2v) is 5.77. The van der Waals surface area contributed by atoms with E-state index in [1.807, 2.05) is 31.3 Å². The summed E-state index contributed by atoms with van der Waals surface area (Å²) in [6, 6.07) is 1.95. The normalized spacial score (nSPS) is 12.7. The average Bonchev–Trinajstić information content (AvgIpc) is 2.40. The van der Waals surface area contributed by atoms with Crippen LogP contribution >= 0.6 is 15.9 Å². The third kappa shape index (κ3) is 5.12. The molecule has 0 radical (unpaired) electrons. The largest absolute Gasteiger partial charge is 0.474 e. The van der Waals surface area contributed by atoms with Gasteiger partial charge < -0.3 is 9.64 Å². The summed E-state index contributed by atoms with van der Waals surface area (Å²) < 4.78 is 6.69. The molecule has 5 heteroatoms. The van der Waals surface area contributed by atoms with Crippen LogP contribution in [0.4, 0.5) is 5.69 Å². The first-order chi connectivity index (χ1) is 9.47. The van der Waals surface area contributed by atoms with Crippen molar-refractivity contribution in [2.75, 3.05) is 13.6 Å². The Kier molecular flexibility index (Phi) is 6.99. The van der Waals surface area contributed by atoms with Gasteiger partial charge in [0, 0.05) is 13.6 Å². The third-order valence-electron chi connectivity index (χ3n) is 3.01. The van der Waals surface area contributed by atoms with Crippen LogP contribution in [0.1, 0.15) is 39.3 Å². The predicted molar refractivity (Wildman–Crippen MR) is 88.1 cm³/mol. The van der Waals surface area contributed by atoms with E-state index in [0.29, 0.717) is 5.88 Å². The summed E-state index contributed by atoms with van der Waals surface area (Å²) >= 11 is 3.51. The smallest absolute Gasteiger partial charge is 0.228 e. The van der Waals surface area contributed by atoms with Gasteiger partial charge in [-0.2, -0.15) is 0 Å². The Morgan fingerprint density at radius 3 is 2.80 bits per heavy atom. The number of aryl methyl sites for hydroxylation is 1. The molecule has 20 heavy (non-hydrogen) atoms. The Morgan fingerprint density at radius 1 is 1.50 bits per heavy atom. The maximum Gasteiger partial charge on any atom is 0.228 e. The number of rotatable bonds is 7. The Labute approximate surface area is 130 Å². The molecule has 0 spiro atoms. The van der Waals surface area contributed by atoms with E-state index in [4.69, 9.17) is 4.74 Å². The SMILES string of the molecule is CCCC(C)Oc1nc(C)c(/N=C/N(C)CC)cc1Br. The highest BCUT2D eigenvalue weighted by Crippen LogP contribution is 2.30. The molecule has 1 heterocycles. The van der Waals surface area contributed by atoms with Crippen LogP contribution in [-0.2, 0) is 0 Å². The summed E-state index contributed by atoms with van der Waals surface area (Å²) in [4.78, 5) is 11.0. The summed E-state index contributed by atoms with van der Waals surface area (Å²) in [7, 11) is 1.99. The van der Waals surface area contributed by atoms with Gasteiger partial charge >= 0.3 is 0 Å². The second kappa shape index (κ2) is 8.25. The Balaban J connectivity index is 2.88. The van der Waals surface area contributed by atoms with Gasteiger partial charge in [0.05, 0.1) is 28.3 Å². The van der Waals surface area contributed by atoms with E-state index >= 15 is 0 Å². The molecule has 112 valence electrons. The highest BCUT2D eigenvalue weighted by molar-refractivity contribution is 9.10. The number of ether oxygens (including phenoxy) is 1. The van der Waals surface area contributed by atoms with Gasteiger partial charge in [-0.05, 0) is 49.2 Å². The third-order valence-corrected chi connectivity index (χ3v) is 3.58. The number of nitrogens with zero attached hydrogens (tertiary/aromatic N) is 3. The molecule has 0 N–H and O–H groups in total. The molecule has 0 aliphatic rings. The summed E-state index contributed by atoms with van der Waals surface area (Å²) in [6.45, 7) is 9.17. The maximum atomic E-state index is 5.85. The molecule has 0 saturated carbocycles. The molecule has 0 aliphatic carbocycles. The van der Waals surface area contributed by atoms with Gasteiger partial charge in [0.2, 0.25) is 5.88 Å². The second-order valence-electron chi connectivity index (χ2n) is 4.91. The van der Waals surface area contributed by atoms with Crippen LogP contribution in [0.25, 0.3) is 0 Å². The first kappa shape index (κ1) is 17.0. The van der Waals surface area contributed by atoms with Crippen molar-refractivity contribution in [2.45, 2.75) is 46.6 Å². The quantitative estimate of drug-likeness (QED) is 0.547. The average molecular weight is 342 g/mol. The molecule has 1 rings (SSSR count). The molecule has 4 nitrogen and oxygen atoms in total. The monoisotopic (exact) mass is 341 g/mol. The summed E-state index contributed by atoms with van der Waals surface area (Å²) in [5.74, 6) is 0.645. The Morgan fingerprint density at radius 2 is 2.20 bits per heavy atom. The van der Waals surface area contributed by atoms with Crippen LogP contribution in [0, 0.1) is 6.92 Å². The topological polar surface area (TPSA) is 37.7 Å². The molecule has 1 atom stereocenters. The predicted octanol–water partition coefficient (Wildman–Crippen LogP) is 4.33. The van der Waals surface area contributed by atoms with E-state index in [9.17, 15) is 0 Å². The van der Waals surface area contributed by atoms with Gasteiger partial charge in [0.1, 0.15) is 0 Å². The molecule has 0 aromatic carbocycles. The van der Waals surface area contributed by atoms with Gasteiger partial charge in [0.15, 0.2) is 0 Å². The van der Waals surface area contributed by atoms with Gasteiger partial charge in [-0.25, -0.2) is 9.98 Å². The highest BCUT2D eigenvalue weighted by Gasteiger charge is 2.11. The minimum atomic E-state index is 0.170. The van der Waals surface area contributed by atoms with E-state index in [2.05, 4.69) is 46.7 Å². The van der Waals surface area contributed by atoms with E-state index in [-0.39, 0.29) is 6.10 Å². The van der Waals surface area contributed by atoms with Gasteiger partial charge in [0.25, 0.3) is 0 Å². The lowest BCUT2D eigenvalue weighted by Gasteiger charge is -2.15. The highest BCUT2D eigenvalue weighted by atomic mass is 79.9. The first-order valence-electron chi connectivity index (χ1n) is 7.06. The van der Waals surface area contributed by atoms with Gasteiger partial charge in [-0.1, -0.05) is 13.3 Å². The zero-order chi connectivity index (χ0) is 15.1. The lowest BCUT2D eigenvalue weighted by molar-refractivity contribution is 0.200.